The topological polar surface area (TPSA) is 76.0 Å². The lowest BCUT2D eigenvalue weighted by Gasteiger charge is -2.12. The van der Waals surface area contributed by atoms with Crippen LogP contribution in [-0.4, -0.2) is 27.9 Å². The molecule has 4 aromatic rings. The van der Waals surface area contributed by atoms with Crippen molar-refractivity contribution in [1.29, 1.82) is 0 Å². The quantitative estimate of drug-likeness (QED) is 0.495. The number of carbonyl (C=O) groups is 2. The molecule has 0 unspecified atom stereocenters. The van der Waals surface area contributed by atoms with Gasteiger partial charge in [-0.25, -0.2) is 4.98 Å². The van der Waals surface area contributed by atoms with E-state index in [1.165, 1.54) is 0 Å². The Hall–Kier alpha value is -3.93. The van der Waals surface area contributed by atoms with Gasteiger partial charge < -0.3 is 15.2 Å². The minimum Gasteiger partial charge on any atom is -0.350 e. The summed E-state index contributed by atoms with van der Waals surface area (Å²) in [6.07, 6.45) is 0. The molecule has 4 rings (SSSR count). The number of nitrogens with one attached hydrogen (secondary N) is 2. The van der Waals surface area contributed by atoms with E-state index in [1.54, 1.807) is 24.3 Å². The van der Waals surface area contributed by atoms with Gasteiger partial charge in [0, 0.05) is 29.9 Å². The van der Waals surface area contributed by atoms with Gasteiger partial charge in [0.25, 0.3) is 11.8 Å². The van der Waals surface area contributed by atoms with Crippen LogP contribution in [0.25, 0.3) is 11.0 Å². The lowest BCUT2D eigenvalue weighted by Crippen LogP contribution is -2.27. The van der Waals surface area contributed by atoms with Gasteiger partial charge in [-0.1, -0.05) is 36.4 Å². The van der Waals surface area contributed by atoms with Gasteiger partial charge in [-0.2, -0.15) is 0 Å². The molecule has 3 aromatic carbocycles. The number of aryl methyl sites for hydroxylation is 2. The molecule has 31 heavy (non-hydrogen) atoms. The van der Waals surface area contributed by atoms with Crippen molar-refractivity contribution in [3.63, 3.8) is 0 Å². The zero-order valence-corrected chi connectivity index (χ0v) is 17.6. The van der Waals surface area contributed by atoms with Crippen molar-refractivity contribution in [2.45, 2.75) is 20.4 Å². The normalized spacial score (nSPS) is 10.8. The Kier molecular flexibility index (Phi) is 5.80. The number of amides is 2. The Labute approximate surface area is 180 Å². The van der Waals surface area contributed by atoms with Crippen molar-refractivity contribution in [2.24, 2.45) is 0 Å². The predicted octanol–water partition coefficient (Wildman–Crippen LogP) is 4.34. The highest BCUT2D eigenvalue weighted by molar-refractivity contribution is 6.05. The lowest BCUT2D eigenvalue weighted by atomic mass is 10.1. The van der Waals surface area contributed by atoms with Crippen LogP contribution in [0.2, 0.25) is 0 Å². The van der Waals surface area contributed by atoms with E-state index in [0.29, 0.717) is 29.9 Å². The summed E-state index contributed by atoms with van der Waals surface area (Å²) in [7, 11) is 0. The Morgan fingerprint density at radius 1 is 0.871 bits per heavy atom. The Bertz CT molecular complexity index is 1250. The molecular formula is C25H24N4O2. The molecule has 2 N–H and O–H groups in total. The number of fused-ring (bicyclic) bond motifs is 1. The smallest absolute Gasteiger partial charge is 0.255 e. The van der Waals surface area contributed by atoms with E-state index in [0.717, 1.165) is 22.4 Å². The molecule has 0 aliphatic rings. The van der Waals surface area contributed by atoms with Crippen LogP contribution in [0.3, 0.4) is 0 Å². The SMILES string of the molecule is Cc1ccc(C(=O)NCCn2c(C)nc3ccccc32)cc1NC(=O)c1ccccc1. The Morgan fingerprint density at radius 3 is 2.42 bits per heavy atom. The highest BCUT2D eigenvalue weighted by atomic mass is 16.2. The fourth-order valence-electron chi connectivity index (χ4n) is 3.54. The van der Waals surface area contributed by atoms with Gasteiger partial charge in [-0.15, -0.1) is 0 Å². The van der Waals surface area contributed by atoms with Crippen LogP contribution in [0.15, 0.2) is 72.8 Å². The van der Waals surface area contributed by atoms with Gasteiger partial charge in [0.1, 0.15) is 5.82 Å². The monoisotopic (exact) mass is 412 g/mol. The van der Waals surface area contributed by atoms with Crippen molar-refractivity contribution in [1.82, 2.24) is 14.9 Å². The van der Waals surface area contributed by atoms with Gasteiger partial charge in [0.05, 0.1) is 11.0 Å². The van der Waals surface area contributed by atoms with Gasteiger partial charge in [0.2, 0.25) is 0 Å². The van der Waals surface area contributed by atoms with Crippen LogP contribution >= 0.6 is 0 Å². The Balaban J connectivity index is 1.42. The first-order valence-electron chi connectivity index (χ1n) is 10.2. The third-order valence-electron chi connectivity index (χ3n) is 5.25. The standard InChI is InChI=1S/C25H24N4O2/c1-17-12-13-20(16-22(17)28-25(31)19-8-4-3-5-9-19)24(30)26-14-15-29-18(2)27-21-10-6-7-11-23(21)29/h3-13,16H,14-15H2,1-2H3,(H,26,30)(H,28,31). The lowest BCUT2D eigenvalue weighted by molar-refractivity contribution is 0.0951. The first-order valence-corrected chi connectivity index (χ1v) is 10.2. The average Bonchev–Trinajstić information content (AvgIpc) is 3.11. The zero-order valence-electron chi connectivity index (χ0n) is 17.6. The fourth-order valence-corrected chi connectivity index (χ4v) is 3.54. The average molecular weight is 412 g/mol. The van der Waals surface area contributed by atoms with Crippen LogP contribution in [-0.2, 0) is 6.54 Å². The minimum absolute atomic E-state index is 0.183. The van der Waals surface area contributed by atoms with Crippen LogP contribution in [0.1, 0.15) is 32.1 Å². The summed E-state index contributed by atoms with van der Waals surface area (Å²) in [5.41, 5.74) is 4.58. The van der Waals surface area contributed by atoms with E-state index in [-0.39, 0.29) is 11.8 Å². The second-order valence-electron chi connectivity index (χ2n) is 7.41. The maximum Gasteiger partial charge on any atom is 0.255 e. The van der Waals surface area contributed by atoms with Crippen molar-refractivity contribution in [3.05, 3.63) is 95.3 Å². The predicted molar refractivity (Wildman–Crippen MR) is 122 cm³/mol. The number of nitrogens with zero attached hydrogens (tertiary/aromatic N) is 2. The largest absolute Gasteiger partial charge is 0.350 e. The number of hydrogen-bond acceptors (Lipinski definition) is 3. The first-order chi connectivity index (χ1) is 15.0. The highest BCUT2D eigenvalue weighted by Crippen LogP contribution is 2.18. The Morgan fingerprint density at radius 2 is 1.61 bits per heavy atom. The molecule has 0 saturated heterocycles. The van der Waals surface area contributed by atoms with Crippen LogP contribution in [0, 0.1) is 13.8 Å². The molecule has 0 saturated carbocycles. The third kappa shape index (κ3) is 4.48. The second-order valence-corrected chi connectivity index (χ2v) is 7.41. The summed E-state index contributed by atoms with van der Waals surface area (Å²) in [6.45, 7) is 4.96. The summed E-state index contributed by atoms with van der Waals surface area (Å²) in [5.74, 6) is 0.526. The van der Waals surface area contributed by atoms with E-state index in [9.17, 15) is 9.59 Å². The summed E-state index contributed by atoms with van der Waals surface area (Å²) in [5, 5.41) is 5.86. The highest BCUT2D eigenvalue weighted by Gasteiger charge is 2.12. The van der Waals surface area contributed by atoms with Crippen LogP contribution in [0.4, 0.5) is 5.69 Å². The van der Waals surface area contributed by atoms with E-state index in [2.05, 4.69) is 20.2 Å². The van der Waals surface area contributed by atoms with E-state index in [4.69, 9.17) is 0 Å². The first kappa shape index (κ1) is 20.3. The molecule has 0 bridgehead atoms. The fraction of sp³-hybridized carbons (Fsp3) is 0.160. The zero-order chi connectivity index (χ0) is 21.8. The number of hydrogen-bond donors (Lipinski definition) is 2. The maximum absolute atomic E-state index is 12.7. The number of rotatable bonds is 6. The molecule has 0 spiro atoms. The maximum atomic E-state index is 12.7. The number of imidazole rings is 1. The molecule has 0 aliphatic carbocycles. The van der Waals surface area contributed by atoms with Gasteiger partial charge in [0.15, 0.2) is 0 Å². The molecule has 1 heterocycles. The number of carbonyl (C=O) groups excluding carboxylic acids is 2. The van der Waals surface area contributed by atoms with E-state index in [1.807, 2.05) is 62.4 Å². The van der Waals surface area contributed by atoms with Gasteiger partial charge in [-0.3, -0.25) is 9.59 Å². The summed E-state index contributed by atoms with van der Waals surface area (Å²) in [4.78, 5) is 29.7. The van der Waals surface area contributed by atoms with Crippen molar-refractivity contribution >= 4 is 28.5 Å². The molecule has 2 amide bonds. The van der Waals surface area contributed by atoms with Crippen molar-refractivity contribution in [2.75, 3.05) is 11.9 Å². The van der Waals surface area contributed by atoms with E-state index >= 15 is 0 Å². The van der Waals surface area contributed by atoms with Crippen LogP contribution < -0.4 is 10.6 Å². The summed E-state index contributed by atoms with van der Waals surface area (Å²) < 4.78 is 2.09. The van der Waals surface area contributed by atoms with Crippen LogP contribution in [0.5, 0.6) is 0 Å². The molecule has 0 fully saturated rings. The van der Waals surface area contributed by atoms with E-state index < -0.39 is 0 Å². The number of benzene rings is 3. The number of aromatic nitrogens is 2. The summed E-state index contributed by atoms with van der Waals surface area (Å²) in [6, 6.07) is 22.3. The second kappa shape index (κ2) is 8.83. The molecule has 6 heteroatoms. The number of anilines is 1. The molecule has 0 radical (unpaired) electrons. The molecule has 156 valence electrons. The molecular weight excluding hydrogens is 388 g/mol. The van der Waals surface area contributed by atoms with Crippen molar-refractivity contribution < 1.29 is 9.59 Å². The molecule has 0 aliphatic heterocycles. The molecule has 0 atom stereocenters. The summed E-state index contributed by atoms with van der Waals surface area (Å²) >= 11 is 0. The van der Waals surface area contributed by atoms with Gasteiger partial charge in [-0.05, 0) is 55.8 Å². The molecule has 6 nitrogen and oxygen atoms in total. The third-order valence-corrected chi connectivity index (χ3v) is 5.25. The van der Waals surface area contributed by atoms with Gasteiger partial charge >= 0.3 is 0 Å². The number of para-hydroxylation sites is 2. The minimum atomic E-state index is -0.205. The molecule has 1 aromatic heterocycles. The van der Waals surface area contributed by atoms with Crippen molar-refractivity contribution in [3.8, 4) is 0 Å².